The van der Waals surface area contributed by atoms with Gasteiger partial charge in [0.05, 0.1) is 0 Å². The molecular formula is C11Br23. The van der Waals surface area contributed by atoms with Crippen LogP contribution in [0.2, 0.25) is 0 Å². The number of halogens is 23. The van der Waals surface area contributed by atoms with Gasteiger partial charge in [0, 0.05) is 0 Å². The maximum Gasteiger partial charge on any atom is 0.162 e. The van der Waals surface area contributed by atoms with Crippen LogP contribution in [-0.2, 0) is 0 Å². The van der Waals surface area contributed by atoms with Crippen molar-refractivity contribution >= 4 is 366 Å². The molecule has 0 amide bonds. The van der Waals surface area contributed by atoms with E-state index in [0.29, 0.717) is 3.74 Å². The van der Waals surface area contributed by atoms with Crippen molar-refractivity contribution in [3.05, 3.63) is 3.74 Å². The summed E-state index contributed by atoms with van der Waals surface area (Å²) in [5.41, 5.74) is 0. The Labute approximate surface area is 391 Å². The molecule has 0 N–H and O–H groups in total. The van der Waals surface area contributed by atoms with Gasteiger partial charge < -0.3 is 0 Å². The van der Waals surface area contributed by atoms with Crippen LogP contribution in [0.4, 0.5) is 0 Å². The highest BCUT2D eigenvalue weighted by Gasteiger charge is 2.80. The second-order valence-corrected chi connectivity index (χ2v) is 46.3. The van der Waals surface area contributed by atoms with E-state index in [9.17, 15) is 0 Å². The monoisotopic (exact) mass is 1950 g/mol. The SMILES string of the molecule is Br[C](Br)C(Br)(Br)C(Br)(Br)C(Br)(Br)C(Br)(Br)C(Br)(Br)C(Br)(Br)C(Br)(Br)C(Br)(Br)C(Br)(Br)C(Br)(Br)Br. The Morgan fingerprint density at radius 3 is 0.618 bits per heavy atom. The Hall–Kier alpha value is 11.0. The summed E-state index contributed by atoms with van der Waals surface area (Å²) in [6.45, 7) is 0. The molecule has 0 aromatic carbocycles. The highest BCUT2D eigenvalue weighted by atomic mass is 80.0. The molecule has 0 unspecified atom stereocenters. The van der Waals surface area contributed by atoms with E-state index in [1.165, 1.54) is 0 Å². The first-order chi connectivity index (χ1) is 14.2. The predicted molar refractivity (Wildman–Crippen MR) is 236 cm³/mol. The van der Waals surface area contributed by atoms with Crippen LogP contribution in [0.3, 0.4) is 0 Å². The molecule has 205 valence electrons. The fourth-order valence-corrected chi connectivity index (χ4v) is 22.6. The van der Waals surface area contributed by atoms with Gasteiger partial charge in [0.1, 0.15) is 32.8 Å². The first kappa shape index (κ1) is 45.0. The lowest BCUT2D eigenvalue weighted by molar-refractivity contribution is 0.564. The zero-order chi connectivity index (χ0) is 28.6. The first-order valence-corrected chi connectivity index (χ1v) is 25.1. The Bertz CT molecular complexity index is 737. The van der Waals surface area contributed by atoms with Crippen molar-refractivity contribution in [3.63, 3.8) is 0 Å². The summed E-state index contributed by atoms with van der Waals surface area (Å²) in [5.74, 6) is 0. The summed E-state index contributed by atoms with van der Waals surface area (Å²) >= 11 is 86.8. The van der Waals surface area contributed by atoms with Gasteiger partial charge >= 0.3 is 0 Å². The van der Waals surface area contributed by atoms with Crippen LogP contribution in [-0.4, -0.2) is 31.2 Å². The molecule has 0 saturated carbocycles. The lowest BCUT2D eigenvalue weighted by Gasteiger charge is -2.59. The Balaban J connectivity index is 7.08. The molecule has 0 aliphatic carbocycles. The summed E-state index contributed by atoms with van der Waals surface area (Å²) < 4.78 is -9.41. The minimum absolute atomic E-state index is 0.668. The predicted octanol–water partition coefficient (Wildman–Crippen LogP) is 17.5. The molecule has 0 fully saturated rings. The molecule has 0 aromatic rings. The van der Waals surface area contributed by atoms with E-state index in [0.717, 1.165) is 0 Å². The van der Waals surface area contributed by atoms with E-state index in [2.05, 4.69) is 366 Å². The molecule has 0 atom stereocenters. The molecule has 0 nitrogen and oxygen atoms in total. The van der Waals surface area contributed by atoms with Crippen molar-refractivity contribution in [1.82, 2.24) is 0 Å². The minimum atomic E-state index is -1.11. The van der Waals surface area contributed by atoms with Gasteiger partial charge in [0.15, 0.2) is 2.14 Å². The third-order valence-corrected chi connectivity index (χ3v) is 50.1. The second kappa shape index (κ2) is 14.9. The van der Waals surface area contributed by atoms with E-state index in [1.54, 1.807) is 0 Å². The molecule has 0 saturated heterocycles. The normalized spacial score (nSPS) is 16.9. The van der Waals surface area contributed by atoms with Gasteiger partial charge in [-0.15, -0.1) is 0 Å². The summed E-state index contributed by atoms with van der Waals surface area (Å²) in [6.07, 6.45) is 0. The van der Waals surface area contributed by atoms with Gasteiger partial charge in [0.2, 0.25) is 0 Å². The molecule has 0 bridgehead atoms. The third-order valence-electron chi connectivity index (χ3n) is 3.75. The van der Waals surface area contributed by atoms with Gasteiger partial charge in [-0.05, 0) is 0 Å². The molecular weight excluding hydrogens is 1970 g/mol. The van der Waals surface area contributed by atoms with Crippen molar-refractivity contribution in [2.24, 2.45) is 0 Å². The van der Waals surface area contributed by atoms with E-state index >= 15 is 0 Å². The molecule has 0 heterocycles. The Kier molecular flexibility index (Phi) is 19.7. The van der Waals surface area contributed by atoms with Crippen molar-refractivity contribution in [3.8, 4) is 0 Å². The van der Waals surface area contributed by atoms with Crippen molar-refractivity contribution in [2.75, 3.05) is 0 Å². The van der Waals surface area contributed by atoms with E-state index in [-0.39, 0.29) is 0 Å². The summed E-state index contributed by atoms with van der Waals surface area (Å²) in [4.78, 5) is 0. The molecule has 0 aliphatic heterocycles. The molecule has 23 heteroatoms. The van der Waals surface area contributed by atoms with Crippen LogP contribution in [0, 0.1) is 3.74 Å². The van der Waals surface area contributed by atoms with Gasteiger partial charge in [-0.3, -0.25) is 0 Å². The molecule has 0 aliphatic rings. The maximum absolute atomic E-state index is 3.90. The lowest BCUT2D eigenvalue weighted by atomic mass is 10.1. The van der Waals surface area contributed by atoms with Crippen LogP contribution in [0.15, 0.2) is 0 Å². The largest absolute Gasteiger partial charge is 0.162 e. The van der Waals surface area contributed by atoms with Gasteiger partial charge in [-0.2, -0.15) is 0 Å². The summed E-state index contributed by atoms with van der Waals surface area (Å²) in [6, 6.07) is 0. The van der Waals surface area contributed by atoms with Crippen LogP contribution in [0.5, 0.6) is 0 Å². The molecule has 0 spiro atoms. The zero-order valence-corrected chi connectivity index (χ0v) is 50.7. The first-order valence-electron chi connectivity index (χ1n) is 6.85. The third kappa shape index (κ3) is 7.91. The summed E-state index contributed by atoms with van der Waals surface area (Å²) in [5, 5.41) is 0. The average Bonchev–Trinajstić information content (AvgIpc) is 2.58. The standard InChI is InChI=1S/C11Br23/c12-1(13)2(14,15)3(16,17)4(18,19)5(20,21)6(22,23)7(24,25)8(26,27)9(28,29)10(30,31)11(32,33)34. The smallest absolute Gasteiger partial charge is 0.0675 e. The van der Waals surface area contributed by atoms with Crippen molar-refractivity contribution < 1.29 is 0 Å². The van der Waals surface area contributed by atoms with Crippen molar-refractivity contribution in [1.29, 1.82) is 0 Å². The topological polar surface area (TPSA) is 0 Å². The fraction of sp³-hybridized carbons (Fsp3) is 0.909. The van der Waals surface area contributed by atoms with Gasteiger partial charge in [0.25, 0.3) is 0 Å². The maximum atomic E-state index is 3.90. The number of hydrogen-bond donors (Lipinski definition) is 0. The van der Waals surface area contributed by atoms with E-state index in [4.69, 9.17) is 0 Å². The van der Waals surface area contributed by atoms with Crippen LogP contribution in [0.25, 0.3) is 0 Å². The second-order valence-electron chi connectivity index (χ2n) is 5.93. The Morgan fingerprint density at radius 1 is 0.265 bits per heavy atom. The number of alkyl halides is 21. The van der Waals surface area contributed by atoms with E-state index in [1.807, 2.05) is 0 Å². The van der Waals surface area contributed by atoms with Crippen LogP contribution >= 0.6 is 366 Å². The average molecular weight is 1970 g/mol. The quantitative estimate of drug-likeness (QED) is 0.202. The Morgan fingerprint density at radius 2 is 0.441 bits per heavy atom. The fourth-order valence-electron chi connectivity index (χ4n) is 1.68. The molecule has 1 radical (unpaired) electrons. The van der Waals surface area contributed by atoms with Gasteiger partial charge in [-0.25, -0.2) is 0 Å². The molecule has 34 heavy (non-hydrogen) atoms. The summed E-state index contributed by atoms with van der Waals surface area (Å²) in [7, 11) is 0. The van der Waals surface area contributed by atoms with Crippen molar-refractivity contribution in [2.45, 2.75) is 31.2 Å². The van der Waals surface area contributed by atoms with Crippen LogP contribution in [0.1, 0.15) is 0 Å². The highest BCUT2D eigenvalue weighted by Crippen LogP contribution is 2.80. The van der Waals surface area contributed by atoms with E-state index < -0.39 is 31.2 Å². The number of rotatable bonds is 9. The lowest BCUT2D eigenvalue weighted by Crippen LogP contribution is -2.70. The zero-order valence-electron chi connectivity index (χ0n) is 14.2. The number of hydrogen-bond acceptors (Lipinski definition) is 0. The van der Waals surface area contributed by atoms with Gasteiger partial charge in [-0.1, -0.05) is 366 Å². The molecule has 0 aromatic heterocycles. The molecule has 0 rings (SSSR count). The highest BCUT2D eigenvalue weighted by molar-refractivity contribution is 9.42. The minimum Gasteiger partial charge on any atom is -0.0675 e. The van der Waals surface area contributed by atoms with Crippen LogP contribution < -0.4 is 0 Å².